The SMILES string of the molecule is COCCOC(=O)c1c(C)[nH]c(C(=O)NCC(O)COc2ccc3c(c2)OCO3)c1C. The quantitative estimate of drug-likeness (QED) is 0.377. The zero-order valence-electron chi connectivity index (χ0n) is 17.6. The number of carbonyl (C=O) groups excluding carboxylic acids is 2. The van der Waals surface area contributed by atoms with E-state index in [2.05, 4.69) is 10.3 Å². The van der Waals surface area contributed by atoms with Gasteiger partial charge in [0.1, 0.15) is 30.8 Å². The van der Waals surface area contributed by atoms with Crippen LogP contribution in [0, 0.1) is 13.8 Å². The first-order chi connectivity index (χ1) is 14.9. The van der Waals surface area contributed by atoms with Crippen LogP contribution in [0.3, 0.4) is 0 Å². The van der Waals surface area contributed by atoms with Crippen LogP contribution in [0.5, 0.6) is 17.2 Å². The number of aromatic nitrogens is 1. The molecular formula is C21H26N2O8. The van der Waals surface area contributed by atoms with Gasteiger partial charge in [0.15, 0.2) is 11.5 Å². The van der Waals surface area contributed by atoms with Crippen molar-refractivity contribution in [2.45, 2.75) is 20.0 Å². The Labute approximate surface area is 179 Å². The molecule has 1 aromatic heterocycles. The van der Waals surface area contributed by atoms with Gasteiger partial charge in [-0.05, 0) is 31.5 Å². The van der Waals surface area contributed by atoms with Gasteiger partial charge in [-0.3, -0.25) is 4.79 Å². The third-order valence-corrected chi connectivity index (χ3v) is 4.67. The van der Waals surface area contributed by atoms with Crippen LogP contribution in [0.25, 0.3) is 0 Å². The highest BCUT2D eigenvalue weighted by molar-refractivity contribution is 6.00. The number of methoxy groups -OCH3 is 1. The average molecular weight is 434 g/mol. The zero-order valence-corrected chi connectivity index (χ0v) is 17.6. The molecule has 2 heterocycles. The predicted molar refractivity (Wildman–Crippen MR) is 109 cm³/mol. The topological polar surface area (TPSA) is 128 Å². The van der Waals surface area contributed by atoms with Gasteiger partial charge in [0.25, 0.3) is 5.91 Å². The van der Waals surface area contributed by atoms with E-state index >= 15 is 0 Å². The molecule has 0 saturated carbocycles. The van der Waals surface area contributed by atoms with E-state index in [-0.39, 0.29) is 38.9 Å². The third-order valence-electron chi connectivity index (χ3n) is 4.67. The Morgan fingerprint density at radius 1 is 1.23 bits per heavy atom. The lowest BCUT2D eigenvalue weighted by molar-refractivity contribution is 0.0386. The van der Waals surface area contributed by atoms with Crippen molar-refractivity contribution in [1.82, 2.24) is 10.3 Å². The Balaban J connectivity index is 1.50. The molecule has 1 aliphatic rings. The molecule has 10 heteroatoms. The smallest absolute Gasteiger partial charge is 0.340 e. The number of H-pyrrole nitrogens is 1. The summed E-state index contributed by atoms with van der Waals surface area (Å²) < 4.78 is 26.0. The first kappa shape index (κ1) is 22.4. The summed E-state index contributed by atoms with van der Waals surface area (Å²) in [4.78, 5) is 27.7. The van der Waals surface area contributed by atoms with Crippen LogP contribution in [0.2, 0.25) is 0 Å². The molecular weight excluding hydrogens is 408 g/mol. The van der Waals surface area contributed by atoms with Crippen LogP contribution in [-0.4, -0.2) is 68.3 Å². The molecule has 0 spiro atoms. The average Bonchev–Trinajstić information content (AvgIpc) is 3.33. The van der Waals surface area contributed by atoms with Gasteiger partial charge in [0.05, 0.1) is 12.2 Å². The molecule has 168 valence electrons. The maximum Gasteiger partial charge on any atom is 0.340 e. The van der Waals surface area contributed by atoms with E-state index in [1.54, 1.807) is 32.0 Å². The number of aromatic amines is 1. The normalized spacial score (nSPS) is 13.0. The molecule has 31 heavy (non-hydrogen) atoms. The Bertz CT molecular complexity index is 940. The minimum atomic E-state index is -0.941. The number of hydrogen-bond donors (Lipinski definition) is 3. The van der Waals surface area contributed by atoms with E-state index in [1.165, 1.54) is 7.11 Å². The lowest BCUT2D eigenvalue weighted by Gasteiger charge is -2.13. The van der Waals surface area contributed by atoms with Gasteiger partial charge in [-0.25, -0.2) is 4.79 Å². The van der Waals surface area contributed by atoms with Crippen molar-refractivity contribution >= 4 is 11.9 Å². The van der Waals surface area contributed by atoms with Crippen molar-refractivity contribution in [2.24, 2.45) is 0 Å². The van der Waals surface area contributed by atoms with Crippen molar-refractivity contribution in [3.63, 3.8) is 0 Å². The minimum absolute atomic E-state index is 0.0280. The molecule has 3 rings (SSSR count). The molecule has 0 radical (unpaired) electrons. The number of esters is 1. The molecule has 1 unspecified atom stereocenters. The van der Waals surface area contributed by atoms with E-state index in [1.807, 2.05) is 0 Å². The summed E-state index contributed by atoms with van der Waals surface area (Å²) >= 11 is 0. The number of carbonyl (C=O) groups is 2. The maximum absolute atomic E-state index is 12.5. The van der Waals surface area contributed by atoms with E-state index in [4.69, 9.17) is 23.7 Å². The number of rotatable bonds is 10. The van der Waals surface area contributed by atoms with Crippen LogP contribution < -0.4 is 19.5 Å². The highest BCUT2D eigenvalue weighted by atomic mass is 16.7. The molecule has 1 amide bonds. The molecule has 0 aliphatic carbocycles. The number of fused-ring (bicyclic) bond motifs is 1. The zero-order chi connectivity index (χ0) is 22.4. The first-order valence-corrected chi connectivity index (χ1v) is 9.74. The molecule has 1 aliphatic heterocycles. The van der Waals surface area contributed by atoms with Gasteiger partial charge >= 0.3 is 5.97 Å². The van der Waals surface area contributed by atoms with Crippen molar-refractivity contribution in [1.29, 1.82) is 0 Å². The summed E-state index contributed by atoms with van der Waals surface area (Å²) in [6.45, 7) is 3.85. The second kappa shape index (κ2) is 10.2. The van der Waals surface area contributed by atoms with Crippen molar-refractivity contribution in [3.05, 3.63) is 40.7 Å². The van der Waals surface area contributed by atoms with Crippen molar-refractivity contribution in [3.8, 4) is 17.2 Å². The minimum Gasteiger partial charge on any atom is -0.491 e. The largest absolute Gasteiger partial charge is 0.491 e. The van der Waals surface area contributed by atoms with Crippen LogP contribution in [0.15, 0.2) is 18.2 Å². The fraction of sp³-hybridized carbons (Fsp3) is 0.429. The summed E-state index contributed by atoms with van der Waals surface area (Å²) in [6, 6.07) is 5.10. The highest BCUT2D eigenvalue weighted by Gasteiger charge is 2.23. The summed E-state index contributed by atoms with van der Waals surface area (Å²) in [7, 11) is 1.51. The number of nitrogens with one attached hydrogen (secondary N) is 2. The Morgan fingerprint density at radius 2 is 2.00 bits per heavy atom. The van der Waals surface area contributed by atoms with Crippen molar-refractivity contribution < 1.29 is 38.4 Å². The first-order valence-electron chi connectivity index (χ1n) is 9.74. The lowest BCUT2D eigenvalue weighted by Crippen LogP contribution is -2.35. The summed E-state index contributed by atoms with van der Waals surface area (Å²) in [5.41, 5.74) is 1.55. The molecule has 1 atom stereocenters. The number of aliphatic hydroxyl groups excluding tert-OH is 1. The Hall–Kier alpha value is -3.24. The van der Waals surface area contributed by atoms with Crippen LogP contribution in [-0.2, 0) is 9.47 Å². The summed E-state index contributed by atoms with van der Waals surface area (Å²) in [5.74, 6) is 0.758. The summed E-state index contributed by atoms with van der Waals surface area (Å²) in [6.07, 6.45) is -0.941. The number of aliphatic hydroxyl groups is 1. The molecule has 2 aromatic rings. The lowest BCUT2D eigenvalue weighted by atomic mass is 10.1. The monoisotopic (exact) mass is 434 g/mol. The Morgan fingerprint density at radius 3 is 2.77 bits per heavy atom. The van der Waals surface area contributed by atoms with Crippen LogP contribution in [0.1, 0.15) is 32.1 Å². The summed E-state index contributed by atoms with van der Waals surface area (Å²) in [5, 5.41) is 12.8. The molecule has 0 bridgehead atoms. The van der Waals surface area contributed by atoms with Gasteiger partial charge < -0.3 is 39.1 Å². The van der Waals surface area contributed by atoms with Crippen LogP contribution in [0.4, 0.5) is 0 Å². The number of aryl methyl sites for hydroxylation is 1. The van der Waals surface area contributed by atoms with E-state index in [0.717, 1.165) is 0 Å². The maximum atomic E-state index is 12.5. The second-order valence-corrected chi connectivity index (χ2v) is 6.94. The molecule has 10 nitrogen and oxygen atoms in total. The van der Waals surface area contributed by atoms with E-state index in [9.17, 15) is 14.7 Å². The number of hydrogen-bond acceptors (Lipinski definition) is 8. The molecule has 3 N–H and O–H groups in total. The van der Waals surface area contributed by atoms with Gasteiger partial charge in [-0.15, -0.1) is 0 Å². The Kier molecular flexibility index (Phi) is 7.37. The molecule has 1 aromatic carbocycles. The fourth-order valence-corrected chi connectivity index (χ4v) is 3.09. The molecule has 0 saturated heterocycles. The highest BCUT2D eigenvalue weighted by Crippen LogP contribution is 2.35. The van der Waals surface area contributed by atoms with E-state index < -0.39 is 18.0 Å². The van der Waals surface area contributed by atoms with Crippen LogP contribution >= 0.6 is 0 Å². The van der Waals surface area contributed by atoms with Gasteiger partial charge in [0, 0.05) is 25.4 Å². The van der Waals surface area contributed by atoms with Gasteiger partial charge in [-0.1, -0.05) is 0 Å². The number of benzene rings is 1. The second-order valence-electron chi connectivity index (χ2n) is 6.94. The standard InChI is InChI=1S/C21H26N2O8/c1-12-18(21(26)28-7-6-27-3)13(2)23-19(12)20(25)22-9-14(24)10-29-15-4-5-16-17(8-15)31-11-30-16/h4-5,8,14,23-24H,6-7,9-11H2,1-3H3,(H,22,25). The number of amides is 1. The van der Waals surface area contributed by atoms with Gasteiger partial charge in [0.2, 0.25) is 6.79 Å². The number of ether oxygens (including phenoxy) is 5. The fourth-order valence-electron chi connectivity index (χ4n) is 3.09. The molecule has 0 fully saturated rings. The van der Waals surface area contributed by atoms with Crippen molar-refractivity contribution in [2.75, 3.05) is 40.3 Å². The third kappa shape index (κ3) is 5.47. The predicted octanol–water partition coefficient (Wildman–Crippen LogP) is 1.33. The van der Waals surface area contributed by atoms with Gasteiger partial charge in [-0.2, -0.15) is 0 Å². The van der Waals surface area contributed by atoms with E-state index in [0.29, 0.717) is 34.1 Å².